The van der Waals surface area contributed by atoms with Gasteiger partial charge in [-0.2, -0.15) is 0 Å². The maximum absolute atomic E-state index is 12.4. The molecule has 0 saturated carbocycles. The zero-order chi connectivity index (χ0) is 13.4. The lowest BCUT2D eigenvalue weighted by atomic mass is 10.1. The highest BCUT2D eigenvalue weighted by Gasteiger charge is 2.30. The second kappa shape index (κ2) is 4.71. The third kappa shape index (κ3) is 2.13. The number of amides is 1. The van der Waals surface area contributed by atoms with Gasteiger partial charge >= 0.3 is 0 Å². The first-order valence-corrected chi connectivity index (χ1v) is 6.69. The minimum absolute atomic E-state index is 0.0529. The Balaban J connectivity index is 1.89. The fourth-order valence-corrected chi connectivity index (χ4v) is 2.64. The molecule has 1 aliphatic rings. The number of hydrogen-bond acceptors (Lipinski definition) is 1. The molecular weight excluding hydrogens is 258 g/mol. The Bertz CT molecular complexity index is 621. The van der Waals surface area contributed by atoms with E-state index in [9.17, 15) is 4.79 Å². The highest BCUT2D eigenvalue weighted by Crippen LogP contribution is 2.31. The molecule has 3 rings (SSSR count). The Labute approximate surface area is 117 Å². The van der Waals surface area contributed by atoms with E-state index >= 15 is 0 Å². The van der Waals surface area contributed by atoms with Gasteiger partial charge < -0.3 is 4.90 Å². The van der Waals surface area contributed by atoms with Crippen molar-refractivity contribution in [1.82, 2.24) is 4.90 Å². The number of hydrogen-bond donors (Lipinski definition) is 0. The molecule has 1 amide bonds. The van der Waals surface area contributed by atoms with E-state index in [0.29, 0.717) is 11.6 Å². The van der Waals surface area contributed by atoms with Gasteiger partial charge in [-0.1, -0.05) is 41.9 Å². The quantitative estimate of drug-likeness (QED) is 0.807. The van der Waals surface area contributed by atoms with Crippen LogP contribution in [0.5, 0.6) is 0 Å². The summed E-state index contributed by atoms with van der Waals surface area (Å²) in [7, 11) is 0. The summed E-state index contributed by atoms with van der Waals surface area (Å²) in [5.74, 6) is 0.109. The molecule has 1 aliphatic heterocycles. The largest absolute Gasteiger partial charge is 0.328 e. The van der Waals surface area contributed by atoms with Gasteiger partial charge in [0.25, 0.3) is 5.91 Å². The highest BCUT2D eigenvalue weighted by atomic mass is 35.5. The Kier molecular flexibility index (Phi) is 3.03. The second-order valence-corrected chi connectivity index (χ2v) is 5.25. The van der Waals surface area contributed by atoms with E-state index in [1.807, 2.05) is 60.4 Å². The van der Waals surface area contributed by atoms with Crippen LogP contribution < -0.4 is 0 Å². The Morgan fingerprint density at radius 1 is 1.11 bits per heavy atom. The van der Waals surface area contributed by atoms with E-state index in [2.05, 4.69) is 0 Å². The van der Waals surface area contributed by atoms with Crippen LogP contribution in [0.2, 0.25) is 5.02 Å². The molecule has 0 fully saturated rings. The summed E-state index contributed by atoms with van der Waals surface area (Å²) in [4.78, 5) is 14.3. The molecular formula is C16H14ClNO. The molecule has 3 heteroatoms. The number of carbonyl (C=O) groups is 1. The molecule has 0 N–H and O–H groups in total. The summed E-state index contributed by atoms with van der Waals surface area (Å²) >= 11 is 5.90. The van der Waals surface area contributed by atoms with E-state index in [0.717, 1.165) is 16.7 Å². The van der Waals surface area contributed by atoms with E-state index < -0.39 is 0 Å². The molecule has 96 valence electrons. The molecule has 0 aromatic heterocycles. The molecule has 0 bridgehead atoms. The van der Waals surface area contributed by atoms with Gasteiger partial charge in [0.1, 0.15) is 0 Å². The predicted octanol–water partition coefficient (Wildman–Crippen LogP) is 4.06. The van der Waals surface area contributed by atoms with Gasteiger partial charge in [-0.15, -0.1) is 0 Å². The molecule has 0 unspecified atom stereocenters. The van der Waals surface area contributed by atoms with Gasteiger partial charge in [-0.3, -0.25) is 4.79 Å². The van der Waals surface area contributed by atoms with Crippen molar-refractivity contribution in [3.8, 4) is 0 Å². The van der Waals surface area contributed by atoms with E-state index in [-0.39, 0.29) is 11.9 Å². The summed E-state index contributed by atoms with van der Waals surface area (Å²) in [6.07, 6.45) is 0. The highest BCUT2D eigenvalue weighted by molar-refractivity contribution is 6.30. The topological polar surface area (TPSA) is 20.3 Å². The van der Waals surface area contributed by atoms with E-state index in [1.165, 1.54) is 0 Å². The number of rotatable bonds is 2. The van der Waals surface area contributed by atoms with Gasteiger partial charge in [-0.25, -0.2) is 0 Å². The smallest absolute Gasteiger partial charge is 0.255 e. The van der Waals surface area contributed by atoms with Gasteiger partial charge in [0.15, 0.2) is 0 Å². The van der Waals surface area contributed by atoms with Crippen LogP contribution in [0.1, 0.15) is 34.5 Å². The van der Waals surface area contributed by atoms with Crippen LogP contribution in [0.15, 0.2) is 48.5 Å². The second-order valence-electron chi connectivity index (χ2n) is 4.82. The van der Waals surface area contributed by atoms with E-state index in [1.54, 1.807) is 0 Å². The lowest BCUT2D eigenvalue weighted by Gasteiger charge is -2.24. The van der Waals surface area contributed by atoms with Crippen LogP contribution in [0.3, 0.4) is 0 Å². The van der Waals surface area contributed by atoms with Gasteiger partial charge in [0.05, 0.1) is 6.04 Å². The molecule has 1 atom stereocenters. The van der Waals surface area contributed by atoms with Gasteiger partial charge in [0, 0.05) is 17.1 Å². The first kappa shape index (κ1) is 12.2. The molecule has 19 heavy (non-hydrogen) atoms. The standard InChI is InChI=1S/C16H14ClNO/c1-11(12-6-8-14(17)9-7-12)18-10-13-4-2-3-5-15(13)16(18)19/h2-9,11H,10H2,1H3/t11-/m1/s1. The van der Waals surface area contributed by atoms with Crippen LogP contribution in [0, 0.1) is 0 Å². The predicted molar refractivity (Wildman–Crippen MR) is 76.2 cm³/mol. The summed E-state index contributed by atoms with van der Waals surface area (Å²) < 4.78 is 0. The molecule has 0 spiro atoms. The first-order valence-electron chi connectivity index (χ1n) is 6.31. The molecule has 1 heterocycles. The van der Waals surface area contributed by atoms with Crippen molar-refractivity contribution in [2.24, 2.45) is 0 Å². The van der Waals surface area contributed by atoms with Crippen molar-refractivity contribution in [3.63, 3.8) is 0 Å². The van der Waals surface area contributed by atoms with Crippen molar-refractivity contribution in [1.29, 1.82) is 0 Å². The summed E-state index contributed by atoms with van der Waals surface area (Å²) in [6, 6.07) is 15.5. The van der Waals surface area contributed by atoms with Gasteiger partial charge in [0.2, 0.25) is 0 Å². The summed E-state index contributed by atoms with van der Waals surface area (Å²) in [5.41, 5.74) is 3.03. The number of halogens is 1. The van der Waals surface area contributed by atoms with Crippen LogP contribution in [0.4, 0.5) is 0 Å². The number of nitrogens with zero attached hydrogens (tertiary/aromatic N) is 1. The first-order chi connectivity index (χ1) is 9.16. The third-order valence-electron chi connectivity index (χ3n) is 3.67. The van der Waals surface area contributed by atoms with E-state index in [4.69, 9.17) is 11.6 Å². The SMILES string of the molecule is C[C@H](c1ccc(Cl)cc1)N1Cc2ccccc2C1=O. The molecule has 2 aromatic rings. The summed E-state index contributed by atoms with van der Waals surface area (Å²) in [6.45, 7) is 2.73. The zero-order valence-electron chi connectivity index (χ0n) is 10.6. The average Bonchev–Trinajstić information content (AvgIpc) is 2.77. The lowest BCUT2D eigenvalue weighted by molar-refractivity contribution is 0.0716. The van der Waals surface area contributed by atoms with Crippen LogP contribution in [-0.4, -0.2) is 10.8 Å². The van der Waals surface area contributed by atoms with Crippen molar-refractivity contribution in [2.45, 2.75) is 19.5 Å². The Morgan fingerprint density at radius 3 is 2.47 bits per heavy atom. The minimum Gasteiger partial charge on any atom is -0.328 e. The van der Waals surface area contributed by atoms with Crippen LogP contribution in [0.25, 0.3) is 0 Å². The molecule has 0 radical (unpaired) electrons. The zero-order valence-corrected chi connectivity index (χ0v) is 11.4. The third-order valence-corrected chi connectivity index (χ3v) is 3.92. The fraction of sp³-hybridized carbons (Fsp3) is 0.188. The lowest BCUT2D eigenvalue weighted by Crippen LogP contribution is -2.27. The van der Waals surface area contributed by atoms with Crippen molar-refractivity contribution in [3.05, 3.63) is 70.2 Å². The number of benzene rings is 2. The fourth-order valence-electron chi connectivity index (χ4n) is 2.51. The van der Waals surface area contributed by atoms with Crippen LogP contribution in [-0.2, 0) is 6.54 Å². The minimum atomic E-state index is 0.0529. The van der Waals surface area contributed by atoms with Gasteiger partial charge in [-0.05, 0) is 36.2 Å². The molecule has 0 aliphatic carbocycles. The number of fused-ring (bicyclic) bond motifs is 1. The maximum atomic E-state index is 12.4. The number of carbonyl (C=O) groups excluding carboxylic acids is 1. The Hall–Kier alpha value is -1.80. The summed E-state index contributed by atoms with van der Waals surface area (Å²) in [5, 5.41) is 0.715. The van der Waals surface area contributed by atoms with Crippen molar-refractivity contribution in [2.75, 3.05) is 0 Å². The molecule has 0 saturated heterocycles. The molecule has 2 aromatic carbocycles. The van der Waals surface area contributed by atoms with Crippen LogP contribution >= 0.6 is 11.6 Å². The monoisotopic (exact) mass is 271 g/mol. The molecule has 2 nitrogen and oxygen atoms in total. The van der Waals surface area contributed by atoms with Crippen molar-refractivity contribution >= 4 is 17.5 Å². The maximum Gasteiger partial charge on any atom is 0.255 e. The van der Waals surface area contributed by atoms with Crippen molar-refractivity contribution < 1.29 is 4.79 Å². The average molecular weight is 272 g/mol. The normalized spacial score (nSPS) is 15.5. The Morgan fingerprint density at radius 2 is 1.79 bits per heavy atom.